The van der Waals surface area contributed by atoms with Crippen LogP contribution in [0.5, 0.6) is 0 Å². The third-order valence-electron chi connectivity index (χ3n) is 4.08. The monoisotopic (exact) mass is 312 g/mol. The van der Waals surface area contributed by atoms with Gasteiger partial charge in [0.2, 0.25) is 0 Å². The van der Waals surface area contributed by atoms with E-state index in [0.29, 0.717) is 0 Å². The second-order valence-corrected chi connectivity index (χ2v) is 6.09. The molecule has 2 nitrogen and oxygen atoms in total. The van der Waals surface area contributed by atoms with Gasteiger partial charge in [-0.05, 0) is 62.2 Å². The van der Waals surface area contributed by atoms with Crippen molar-refractivity contribution >= 4 is 22.5 Å². The topological polar surface area (TPSA) is 27.8 Å². The Hall–Kier alpha value is -1.77. The number of halogens is 1. The van der Waals surface area contributed by atoms with E-state index in [-0.39, 0.29) is 0 Å². The van der Waals surface area contributed by atoms with Crippen LogP contribution in [0.25, 0.3) is 10.9 Å². The molecule has 0 unspecified atom stereocenters. The van der Waals surface area contributed by atoms with E-state index >= 15 is 0 Å². The first kappa shape index (κ1) is 15.1. The summed E-state index contributed by atoms with van der Waals surface area (Å²) in [6, 6.07) is 16.6. The summed E-state index contributed by atoms with van der Waals surface area (Å²) in [6.07, 6.45) is 2.08. The Balaban J connectivity index is 1.50. The van der Waals surface area contributed by atoms with E-state index in [9.17, 15) is 0 Å². The van der Waals surface area contributed by atoms with Gasteiger partial charge in [0.1, 0.15) is 0 Å². The number of para-hydroxylation sites is 1. The molecule has 3 rings (SSSR count). The molecule has 3 aromatic rings. The number of rotatable bonds is 6. The van der Waals surface area contributed by atoms with Crippen molar-refractivity contribution in [1.82, 2.24) is 10.3 Å². The number of aromatic amines is 1. The predicted octanol–water partition coefficient (Wildman–Crippen LogP) is 4.50. The zero-order valence-electron chi connectivity index (χ0n) is 12.8. The van der Waals surface area contributed by atoms with Crippen LogP contribution in [0.2, 0.25) is 5.02 Å². The third kappa shape index (κ3) is 3.52. The van der Waals surface area contributed by atoms with E-state index in [4.69, 9.17) is 11.6 Å². The largest absolute Gasteiger partial charge is 0.358 e. The third-order valence-corrected chi connectivity index (χ3v) is 4.33. The van der Waals surface area contributed by atoms with Gasteiger partial charge in [-0.2, -0.15) is 0 Å². The van der Waals surface area contributed by atoms with Gasteiger partial charge in [0.15, 0.2) is 0 Å². The Kier molecular flexibility index (Phi) is 4.81. The molecule has 0 fully saturated rings. The van der Waals surface area contributed by atoms with Crippen LogP contribution in [0.4, 0.5) is 0 Å². The van der Waals surface area contributed by atoms with Crippen molar-refractivity contribution in [2.45, 2.75) is 19.8 Å². The molecule has 0 saturated heterocycles. The summed E-state index contributed by atoms with van der Waals surface area (Å²) in [5.41, 5.74) is 5.26. The van der Waals surface area contributed by atoms with Gasteiger partial charge in [0, 0.05) is 21.6 Å². The van der Waals surface area contributed by atoms with Crippen LogP contribution < -0.4 is 5.32 Å². The number of hydrogen-bond acceptors (Lipinski definition) is 1. The number of fused-ring (bicyclic) bond motifs is 1. The van der Waals surface area contributed by atoms with Crippen LogP contribution >= 0.6 is 11.6 Å². The molecule has 2 aromatic carbocycles. The fourth-order valence-corrected chi connectivity index (χ4v) is 3.01. The first-order chi connectivity index (χ1) is 10.7. The summed E-state index contributed by atoms with van der Waals surface area (Å²) in [7, 11) is 0. The molecule has 2 N–H and O–H groups in total. The minimum atomic E-state index is 0.798. The second kappa shape index (κ2) is 6.99. The van der Waals surface area contributed by atoms with Crippen molar-refractivity contribution < 1.29 is 0 Å². The number of H-pyrrole nitrogens is 1. The second-order valence-electron chi connectivity index (χ2n) is 5.65. The fourth-order valence-electron chi connectivity index (χ4n) is 2.88. The minimum Gasteiger partial charge on any atom is -0.358 e. The van der Waals surface area contributed by atoms with Crippen LogP contribution in [0, 0.1) is 6.92 Å². The number of aromatic nitrogens is 1. The quantitative estimate of drug-likeness (QED) is 0.644. The van der Waals surface area contributed by atoms with Crippen LogP contribution in [0.3, 0.4) is 0 Å². The molecule has 22 heavy (non-hydrogen) atoms. The molecule has 1 aromatic heterocycles. The number of benzene rings is 2. The van der Waals surface area contributed by atoms with E-state index in [1.807, 2.05) is 12.1 Å². The highest BCUT2D eigenvalue weighted by Crippen LogP contribution is 2.21. The Labute approximate surface area is 136 Å². The normalized spacial score (nSPS) is 11.2. The maximum absolute atomic E-state index is 5.90. The highest BCUT2D eigenvalue weighted by molar-refractivity contribution is 6.30. The molecule has 3 heteroatoms. The Morgan fingerprint density at radius 2 is 1.68 bits per heavy atom. The van der Waals surface area contributed by atoms with E-state index in [2.05, 4.69) is 53.6 Å². The molecular formula is C19H21ClN2. The van der Waals surface area contributed by atoms with Crippen LogP contribution in [0.15, 0.2) is 48.5 Å². The van der Waals surface area contributed by atoms with Crippen molar-refractivity contribution in [1.29, 1.82) is 0 Å². The van der Waals surface area contributed by atoms with Crippen LogP contribution in [0.1, 0.15) is 16.8 Å². The average molecular weight is 313 g/mol. The van der Waals surface area contributed by atoms with Gasteiger partial charge >= 0.3 is 0 Å². The van der Waals surface area contributed by atoms with Crippen LogP contribution in [-0.4, -0.2) is 18.1 Å². The number of hydrogen-bond donors (Lipinski definition) is 2. The van der Waals surface area contributed by atoms with Gasteiger partial charge < -0.3 is 10.3 Å². The molecule has 0 saturated carbocycles. The Morgan fingerprint density at radius 3 is 2.50 bits per heavy atom. The summed E-state index contributed by atoms with van der Waals surface area (Å²) in [5.74, 6) is 0. The standard InChI is InChI=1S/C19H21ClN2/c1-14-17(18-4-2-3-5-19(18)22-14)11-13-21-12-10-15-6-8-16(20)9-7-15/h2-9,21-22H,10-13H2,1H3. The van der Waals surface area contributed by atoms with Gasteiger partial charge in [0.05, 0.1) is 0 Å². The number of nitrogens with one attached hydrogen (secondary N) is 2. The highest BCUT2D eigenvalue weighted by atomic mass is 35.5. The molecule has 0 amide bonds. The molecule has 0 aliphatic heterocycles. The van der Waals surface area contributed by atoms with Crippen molar-refractivity contribution in [3.8, 4) is 0 Å². The molecule has 0 aliphatic rings. The zero-order chi connectivity index (χ0) is 15.4. The van der Waals surface area contributed by atoms with Gasteiger partial charge in [-0.3, -0.25) is 0 Å². The molecule has 0 atom stereocenters. The molecule has 0 bridgehead atoms. The molecule has 0 radical (unpaired) electrons. The highest BCUT2D eigenvalue weighted by Gasteiger charge is 2.06. The maximum atomic E-state index is 5.90. The lowest BCUT2D eigenvalue weighted by Gasteiger charge is -2.06. The van der Waals surface area contributed by atoms with Gasteiger partial charge in [-0.1, -0.05) is 41.9 Å². The first-order valence-corrected chi connectivity index (χ1v) is 8.13. The van der Waals surface area contributed by atoms with Crippen molar-refractivity contribution in [2.75, 3.05) is 13.1 Å². The molecular weight excluding hydrogens is 292 g/mol. The van der Waals surface area contributed by atoms with Gasteiger partial charge in [-0.15, -0.1) is 0 Å². The first-order valence-electron chi connectivity index (χ1n) is 7.75. The molecule has 0 aliphatic carbocycles. The number of aryl methyl sites for hydroxylation is 1. The molecule has 114 valence electrons. The molecule has 1 heterocycles. The Bertz CT molecular complexity index is 744. The fraction of sp³-hybridized carbons (Fsp3) is 0.263. The lowest BCUT2D eigenvalue weighted by Crippen LogP contribution is -2.20. The SMILES string of the molecule is Cc1[nH]c2ccccc2c1CCNCCc1ccc(Cl)cc1. The smallest absolute Gasteiger partial charge is 0.0458 e. The maximum Gasteiger partial charge on any atom is 0.0458 e. The molecule has 0 spiro atoms. The van der Waals surface area contributed by atoms with E-state index in [1.54, 1.807) is 0 Å². The van der Waals surface area contributed by atoms with E-state index in [0.717, 1.165) is 31.0 Å². The summed E-state index contributed by atoms with van der Waals surface area (Å²) in [4.78, 5) is 3.46. The minimum absolute atomic E-state index is 0.798. The average Bonchev–Trinajstić information content (AvgIpc) is 2.85. The van der Waals surface area contributed by atoms with Crippen LogP contribution in [-0.2, 0) is 12.8 Å². The van der Waals surface area contributed by atoms with Crippen molar-refractivity contribution in [2.24, 2.45) is 0 Å². The van der Waals surface area contributed by atoms with Gasteiger partial charge in [0.25, 0.3) is 0 Å². The lowest BCUT2D eigenvalue weighted by atomic mass is 10.1. The van der Waals surface area contributed by atoms with E-state index < -0.39 is 0 Å². The summed E-state index contributed by atoms with van der Waals surface area (Å²) >= 11 is 5.90. The summed E-state index contributed by atoms with van der Waals surface area (Å²) in [6.45, 7) is 4.14. The Morgan fingerprint density at radius 1 is 0.955 bits per heavy atom. The zero-order valence-corrected chi connectivity index (χ0v) is 13.6. The van der Waals surface area contributed by atoms with Crippen molar-refractivity contribution in [3.05, 3.63) is 70.4 Å². The lowest BCUT2D eigenvalue weighted by molar-refractivity contribution is 0.682. The summed E-state index contributed by atoms with van der Waals surface area (Å²) in [5, 5.41) is 5.68. The van der Waals surface area contributed by atoms with E-state index in [1.165, 1.54) is 27.7 Å². The van der Waals surface area contributed by atoms with Gasteiger partial charge in [-0.25, -0.2) is 0 Å². The van der Waals surface area contributed by atoms with Crippen molar-refractivity contribution in [3.63, 3.8) is 0 Å². The summed E-state index contributed by atoms with van der Waals surface area (Å²) < 4.78 is 0. The predicted molar refractivity (Wildman–Crippen MR) is 94.8 cm³/mol.